The van der Waals surface area contributed by atoms with Crippen LogP contribution in [0.1, 0.15) is 5.56 Å². The molecule has 0 aliphatic rings. The Morgan fingerprint density at radius 3 is 1.81 bits per heavy atom. The lowest BCUT2D eigenvalue weighted by molar-refractivity contribution is -0.137. The van der Waals surface area contributed by atoms with Gasteiger partial charge in [0.25, 0.3) is 0 Å². The van der Waals surface area contributed by atoms with Crippen molar-refractivity contribution < 1.29 is 17.7 Å². The molecular formula is C20H15F3NOPS. The van der Waals surface area contributed by atoms with Crippen LogP contribution >= 0.6 is 19.4 Å². The second kappa shape index (κ2) is 7.67. The summed E-state index contributed by atoms with van der Waals surface area (Å²) in [6.07, 6.45) is -4.47. The fourth-order valence-corrected chi connectivity index (χ4v) is 5.62. The predicted molar refractivity (Wildman–Crippen MR) is 107 cm³/mol. The van der Waals surface area contributed by atoms with Gasteiger partial charge in [0.05, 0.1) is 5.56 Å². The maximum absolute atomic E-state index is 14.0. The molecule has 0 bridgehead atoms. The van der Waals surface area contributed by atoms with Gasteiger partial charge >= 0.3 is 6.18 Å². The van der Waals surface area contributed by atoms with Crippen LogP contribution in [0.4, 0.5) is 18.9 Å². The van der Waals surface area contributed by atoms with Gasteiger partial charge in [-0.3, -0.25) is 0 Å². The van der Waals surface area contributed by atoms with Crippen molar-refractivity contribution in [3.8, 4) is 0 Å². The molecule has 0 heterocycles. The van der Waals surface area contributed by atoms with Gasteiger partial charge in [-0.05, 0) is 18.2 Å². The van der Waals surface area contributed by atoms with Crippen LogP contribution in [0.3, 0.4) is 0 Å². The van der Waals surface area contributed by atoms with Crippen molar-refractivity contribution in [2.45, 2.75) is 6.18 Å². The highest BCUT2D eigenvalue weighted by molar-refractivity contribution is 8.08. The lowest BCUT2D eigenvalue weighted by Crippen LogP contribution is -2.25. The van der Waals surface area contributed by atoms with E-state index in [2.05, 4.69) is 5.32 Å². The highest BCUT2D eigenvalue weighted by Gasteiger charge is 2.34. The first-order valence-corrected chi connectivity index (χ1v) is 10.1. The molecule has 0 saturated heterocycles. The van der Waals surface area contributed by atoms with E-state index in [1.165, 1.54) is 12.1 Å². The molecular weight excluding hydrogens is 390 g/mol. The summed E-state index contributed by atoms with van der Waals surface area (Å²) in [4.78, 5) is 0. The molecule has 0 amide bonds. The van der Waals surface area contributed by atoms with E-state index in [0.29, 0.717) is 10.6 Å². The maximum atomic E-state index is 14.0. The third kappa shape index (κ3) is 4.12. The third-order valence-corrected chi connectivity index (χ3v) is 7.57. The molecule has 0 fully saturated rings. The summed E-state index contributed by atoms with van der Waals surface area (Å²) >= 11 is 5.42. The van der Waals surface area contributed by atoms with Gasteiger partial charge in [0.15, 0.2) is 7.14 Å². The van der Waals surface area contributed by atoms with Gasteiger partial charge in [-0.25, -0.2) is 0 Å². The summed E-state index contributed by atoms with van der Waals surface area (Å²) in [5.74, 6) is 0. The highest BCUT2D eigenvalue weighted by Crippen LogP contribution is 2.45. The van der Waals surface area contributed by atoms with Crippen molar-refractivity contribution >= 4 is 40.4 Å². The Hall–Kier alpha value is -2.43. The Labute approximate surface area is 160 Å². The Balaban J connectivity index is 2.02. The Kier molecular flexibility index (Phi) is 5.49. The Bertz CT molecular complexity index is 947. The van der Waals surface area contributed by atoms with Crippen molar-refractivity contribution in [1.82, 2.24) is 0 Å². The molecule has 3 rings (SSSR count). The van der Waals surface area contributed by atoms with Gasteiger partial charge in [0.1, 0.15) is 4.73 Å². The normalized spacial score (nSPS) is 11.8. The van der Waals surface area contributed by atoms with E-state index in [4.69, 9.17) is 12.2 Å². The fraction of sp³-hybridized carbons (Fsp3) is 0.0500. The molecule has 0 spiro atoms. The number of hydrogen-bond acceptors (Lipinski definition) is 2. The highest BCUT2D eigenvalue weighted by atomic mass is 32.1. The first-order chi connectivity index (χ1) is 12.8. The van der Waals surface area contributed by atoms with E-state index in [1.807, 2.05) is 0 Å². The van der Waals surface area contributed by atoms with Crippen LogP contribution in [0.15, 0.2) is 84.9 Å². The summed E-state index contributed by atoms with van der Waals surface area (Å²) in [6, 6.07) is 22.1. The van der Waals surface area contributed by atoms with Crippen LogP contribution in [0, 0.1) is 0 Å². The summed E-state index contributed by atoms with van der Waals surface area (Å²) < 4.78 is 52.8. The predicted octanol–water partition coefficient (Wildman–Crippen LogP) is 5.42. The van der Waals surface area contributed by atoms with Crippen molar-refractivity contribution in [3.63, 3.8) is 0 Å². The van der Waals surface area contributed by atoms with Crippen molar-refractivity contribution in [1.29, 1.82) is 0 Å². The summed E-state index contributed by atoms with van der Waals surface area (Å²) in [5, 5.41) is 3.79. The van der Waals surface area contributed by atoms with Crippen LogP contribution < -0.4 is 15.9 Å². The lowest BCUT2D eigenvalue weighted by Gasteiger charge is -2.21. The van der Waals surface area contributed by atoms with E-state index in [-0.39, 0.29) is 10.4 Å². The van der Waals surface area contributed by atoms with Crippen LogP contribution in [0.2, 0.25) is 0 Å². The quantitative estimate of drug-likeness (QED) is 0.465. The minimum Gasteiger partial charge on any atom is -0.343 e. The number of thiocarbonyl (C=S) groups is 1. The van der Waals surface area contributed by atoms with Gasteiger partial charge in [-0.1, -0.05) is 78.9 Å². The molecule has 0 radical (unpaired) electrons. The zero-order valence-corrected chi connectivity index (χ0v) is 15.7. The number of benzene rings is 3. The van der Waals surface area contributed by atoms with Crippen molar-refractivity contribution in [2.24, 2.45) is 0 Å². The van der Waals surface area contributed by atoms with Crippen LogP contribution in [0.25, 0.3) is 0 Å². The Morgan fingerprint density at radius 2 is 1.33 bits per heavy atom. The number of nitrogens with one attached hydrogen (secondary N) is 1. The molecule has 138 valence electrons. The summed E-state index contributed by atoms with van der Waals surface area (Å²) in [7, 11) is -3.40. The third-order valence-electron chi connectivity index (χ3n) is 3.97. The number of anilines is 1. The second-order valence-corrected chi connectivity index (χ2v) is 9.20. The number of rotatable bonds is 4. The van der Waals surface area contributed by atoms with E-state index >= 15 is 0 Å². The summed E-state index contributed by atoms with van der Waals surface area (Å²) in [6.45, 7) is 0. The van der Waals surface area contributed by atoms with Gasteiger partial charge in [0.2, 0.25) is 0 Å². The Morgan fingerprint density at radius 1 is 0.815 bits per heavy atom. The van der Waals surface area contributed by atoms with Crippen molar-refractivity contribution in [3.05, 3.63) is 90.5 Å². The molecule has 3 aromatic carbocycles. The standard InChI is InChI=1S/C20H15F3NOPS/c21-20(22,23)15-8-7-9-16(14-15)24-19(27)26(25,17-10-3-1-4-11-17)18-12-5-2-6-13-18/h1-14H,(H,24,27). The molecule has 2 nitrogen and oxygen atoms in total. The minimum absolute atomic E-state index is 0.0146. The van der Waals surface area contributed by atoms with Gasteiger partial charge in [-0.15, -0.1) is 0 Å². The smallest absolute Gasteiger partial charge is 0.343 e. The van der Waals surface area contributed by atoms with E-state index in [1.54, 1.807) is 60.7 Å². The zero-order chi connectivity index (χ0) is 19.5. The molecule has 0 unspecified atom stereocenters. The van der Waals surface area contributed by atoms with Gasteiger partial charge in [-0.2, -0.15) is 13.2 Å². The molecule has 0 saturated carbocycles. The van der Waals surface area contributed by atoms with E-state index in [0.717, 1.165) is 12.1 Å². The average molecular weight is 405 g/mol. The van der Waals surface area contributed by atoms with Crippen molar-refractivity contribution in [2.75, 3.05) is 5.32 Å². The maximum Gasteiger partial charge on any atom is 0.416 e. The molecule has 3 aromatic rings. The van der Waals surface area contributed by atoms with E-state index < -0.39 is 18.9 Å². The zero-order valence-electron chi connectivity index (χ0n) is 14.0. The molecule has 0 atom stereocenters. The first kappa shape index (κ1) is 19.3. The number of alkyl halides is 3. The summed E-state index contributed by atoms with van der Waals surface area (Å²) in [5.41, 5.74) is -0.661. The average Bonchev–Trinajstić information content (AvgIpc) is 2.68. The van der Waals surface area contributed by atoms with Crippen LogP contribution in [0.5, 0.6) is 0 Å². The first-order valence-electron chi connectivity index (χ1n) is 8.02. The van der Waals surface area contributed by atoms with Gasteiger partial charge < -0.3 is 9.88 Å². The topological polar surface area (TPSA) is 29.1 Å². The fourth-order valence-electron chi connectivity index (χ4n) is 2.63. The second-order valence-electron chi connectivity index (χ2n) is 5.79. The largest absolute Gasteiger partial charge is 0.416 e. The van der Waals surface area contributed by atoms with Gasteiger partial charge in [0, 0.05) is 16.3 Å². The molecule has 0 aromatic heterocycles. The molecule has 7 heteroatoms. The molecule has 0 aliphatic carbocycles. The SMILES string of the molecule is O=P(C(=S)Nc1cccc(C(F)(F)F)c1)(c1ccccc1)c1ccccc1. The molecule has 1 N–H and O–H groups in total. The van der Waals surface area contributed by atoms with E-state index in [9.17, 15) is 17.7 Å². The van der Waals surface area contributed by atoms with Crippen LogP contribution in [-0.2, 0) is 10.7 Å². The number of hydrogen-bond donors (Lipinski definition) is 1. The lowest BCUT2D eigenvalue weighted by atomic mass is 10.2. The monoisotopic (exact) mass is 405 g/mol. The minimum atomic E-state index is -4.47. The molecule has 0 aliphatic heterocycles. The molecule has 27 heavy (non-hydrogen) atoms. The van der Waals surface area contributed by atoms with Crippen LogP contribution in [-0.4, -0.2) is 4.73 Å². The number of halogens is 3.